The first kappa shape index (κ1) is 18.0. The van der Waals surface area contributed by atoms with Crippen molar-refractivity contribution in [2.24, 2.45) is 17.1 Å². The summed E-state index contributed by atoms with van der Waals surface area (Å²) in [6.45, 7) is 10.3. The van der Waals surface area contributed by atoms with Gasteiger partial charge in [0.15, 0.2) is 0 Å². The number of likely N-dealkylation sites (tertiary alicyclic amines) is 1. The maximum atomic E-state index is 12.1. The Hall–Kier alpha value is -1.39. The molecule has 4 nitrogen and oxygen atoms in total. The molecule has 128 valence electrons. The van der Waals surface area contributed by atoms with Crippen LogP contribution in [-0.4, -0.2) is 43.5 Å². The second-order valence-corrected chi connectivity index (χ2v) is 7.87. The average Bonchev–Trinajstić information content (AvgIpc) is 2.89. The molecule has 1 aromatic carbocycles. The van der Waals surface area contributed by atoms with E-state index in [2.05, 4.69) is 55.3 Å². The van der Waals surface area contributed by atoms with E-state index in [1.807, 2.05) is 6.07 Å². The molecular formula is C19H31N3O. The third kappa shape index (κ3) is 5.63. The van der Waals surface area contributed by atoms with E-state index in [0.717, 1.165) is 26.1 Å². The molecule has 1 fully saturated rings. The van der Waals surface area contributed by atoms with Crippen LogP contribution in [0.5, 0.6) is 0 Å². The topological polar surface area (TPSA) is 58.4 Å². The van der Waals surface area contributed by atoms with E-state index in [9.17, 15) is 4.79 Å². The average molecular weight is 317 g/mol. The number of benzene rings is 1. The maximum absolute atomic E-state index is 12.1. The fourth-order valence-electron chi connectivity index (χ4n) is 3.24. The minimum atomic E-state index is 0.124. The first-order chi connectivity index (χ1) is 10.9. The highest BCUT2D eigenvalue weighted by molar-refractivity contribution is 5.78. The van der Waals surface area contributed by atoms with Gasteiger partial charge in [0.05, 0.1) is 6.54 Å². The van der Waals surface area contributed by atoms with Gasteiger partial charge in [-0.15, -0.1) is 0 Å². The van der Waals surface area contributed by atoms with E-state index in [1.165, 1.54) is 5.56 Å². The molecule has 1 heterocycles. The standard InChI is InChI=1S/C19H31N3O/c1-19(2,3)9-10-21-18(23)14-22-12-16(11-20)17(13-22)15-7-5-4-6-8-15/h4-8,16-17H,9-14,20H2,1-3H3,(H,21,23)/t16-,17+/m1/s1. The van der Waals surface area contributed by atoms with Crippen LogP contribution in [0.1, 0.15) is 38.7 Å². The highest BCUT2D eigenvalue weighted by atomic mass is 16.2. The lowest BCUT2D eigenvalue weighted by atomic mass is 9.89. The molecule has 0 bridgehead atoms. The van der Waals surface area contributed by atoms with Gasteiger partial charge in [-0.1, -0.05) is 51.1 Å². The first-order valence-electron chi connectivity index (χ1n) is 8.63. The summed E-state index contributed by atoms with van der Waals surface area (Å²) in [6, 6.07) is 10.5. The van der Waals surface area contributed by atoms with Crippen LogP contribution in [-0.2, 0) is 4.79 Å². The summed E-state index contributed by atoms with van der Waals surface area (Å²) in [4.78, 5) is 14.4. The monoisotopic (exact) mass is 317 g/mol. The van der Waals surface area contributed by atoms with E-state index in [4.69, 9.17) is 5.73 Å². The fourth-order valence-corrected chi connectivity index (χ4v) is 3.24. The van der Waals surface area contributed by atoms with E-state index in [0.29, 0.717) is 24.9 Å². The number of rotatable bonds is 6. The molecular weight excluding hydrogens is 286 g/mol. The maximum Gasteiger partial charge on any atom is 0.234 e. The zero-order chi connectivity index (χ0) is 16.9. The van der Waals surface area contributed by atoms with Gasteiger partial charge in [0.2, 0.25) is 5.91 Å². The van der Waals surface area contributed by atoms with Crippen molar-refractivity contribution >= 4 is 5.91 Å². The predicted molar refractivity (Wildman–Crippen MR) is 95.2 cm³/mol. The summed E-state index contributed by atoms with van der Waals surface area (Å²) in [7, 11) is 0. The summed E-state index contributed by atoms with van der Waals surface area (Å²) < 4.78 is 0. The molecule has 1 amide bonds. The van der Waals surface area contributed by atoms with Gasteiger partial charge >= 0.3 is 0 Å². The summed E-state index contributed by atoms with van der Waals surface area (Å²) in [5, 5.41) is 3.04. The molecule has 0 radical (unpaired) electrons. The third-order valence-corrected chi connectivity index (χ3v) is 4.61. The summed E-state index contributed by atoms with van der Waals surface area (Å²) in [5.41, 5.74) is 7.54. The lowest BCUT2D eigenvalue weighted by Gasteiger charge is -2.19. The first-order valence-corrected chi connectivity index (χ1v) is 8.63. The van der Waals surface area contributed by atoms with Gasteiger partial charge in [0, 0.05) is 25.6 Å². The van der Waals surface area contributed by atoms with Gasteiger partial charge in [-0.05, 0) is 29.9 Å². The molecule has 0 unspecified atom stereocenters. The number of carbonyl (C=O) groups is 1. The van der Waals surface area contributed by atoms with Gasteiger partial charge in [-0.3, -0.25) is 9.69 Å². The largest absolute Gasteiger partial charge is 0.355 e. The predicted octanol–water partition coefficient (Wildman–Crippen LogP) is 2.21. The van der Waals surface area contributed by atoms with Crippen molar-refractivity contribution < 1.29 is 4.79 Å². The van der Waals surface area contributed by atoms with Crippen LogP contribution in [0.25, 0.3) is 0 Å². The number of nitrogens with one attached hydrogen (secondary N) is 1. The zero-order valence-corrected chi connectivity index (χ0v) is 14.7. The highest BCUT2D eigenvalue weighted by Crippen LogP contribution is 2.31. The molecule has 2 atom stereocenters. The molecule has 2 rings (SSSR count). The van der Waals surface area contributed by atoms with Gasteiger partial charge in [0.25, 0.3) is 0 Å². The molecule has 1 aromatic rings. The molecule has 0 spiro atoms. The Morgan fingerprint density at radius 1 is 1.26 bits per heavy atom. The minimum absolute atomic E-state index is 0.124. The smallest absolute Gasteiger partial charge is 0.234 e. The Labute approximate surface area is 140 Å². The molecule has 0 aromatic heterocycles. The van der Waals surface area contributed by atoms with Crippen molar-refractivity contribution in [1.29, 1.82) is 0 Å². The van der Waals surface area contributed by atoms with Gasteiger partial charge in [0.1, 0.15) is 0 Å². The van der Waals surface area contributed by atoms with Crippen molar-refractivity contribution in [2.75, 3.05) is 32.7 Å². The number of amides is 1. The van der Waals surface area contributed by atoms with Crippen LogP contribution in [0.15, 0.2) is 30.3 Å². The lowest BCUT2D eigenvalue weighted by molar-refractivity contribution is -0.122. The number of hydrogen-bond donors (Lipinski definition) is 2. The van der Waals surface area contributed by atoms with E-state index < -0.39 is 0 Å². The quantitative estimate of drug-likeness (QED) is 0.846. The number of hydrogen-bond acceptors (Lipinski definition) is 3. The number of nitrogens with two attached hydrogens (primary N) is 1. The minimum Gasteiger partial charge on any atom is -0.355 e. The molecule has 0 aliphatic carbocycles. The van der Waals surface area contributed by atoms with Crippen LogP contribution in [0.3, 0.4) is 0 Å². The van der Waals surface area contributed by atoms with Crippen molar-refractivity contribution in [2.45, 2.75) is 33.1 Å². The number of nitrogens with zero attached hydrogens (tertiary/aromatic N) is 1. The van der Waals surface area contributed by atoms with Gasteiger partial charge in [-0.25, -0.2) is 0 Å². The highest BCUT2D eigenvalue weighted by Gasteiger charge is 2.33. The van der Waals surface area contributed by atoms with Crippen molar-refractivity contribution in [3.63, 3.8) is 0 Å². The molecule has 1 saturated heterocycles. The SMILES string of the molecule is CC(C)(C)CCNC(=O)CN1C[C@@H](CN)[C@H](c2ccccc2)C1. The Balaban J connectivity index is 1.84. The second kappa shape index (κ2) is 7.93. The normalized spacial score (nSPS) is 22.3. The summed E-state index contributed by atoms with van der Waals surface area (Å²) >= 11 is 0. The van der Waals surface area contributed by atoms with Crippen molar-refractivity contribution in [1.82, 2.24) is 10.2 Å². The summed E-state index contributed by atoms with van der Waals surface area (Å²) in [5.74, 6) is 0.988. The van der Waals surface area contributed by atoms with E-state index >= 15 is 0 Å². The van der Waals surface area contributed by atoms with E-state index in [1.54, 1.807) is 0 Å². The lowest BCUT2D eigenvalue weighted by Crippen LogP contribution is -2.37. The second-order valence-electron chi connectivity index (χ2n) is 7.87. The van der Waals surface area contributed by atoms with Crippen LogP contribution in [0.4, 0.5) is 0 Å². The fraction of sp³-hybridized carbons (Fsp3) is 0.632. The third-order valence-electron chi connectivity index (χ3n) is 4.61. The van der Waals surface area contributed by atoms with Crippen LogP contribution in [0, 0.1) is 11.3 Å². The van der Waals surface area contributed by atoms with E-state index in [-0.39, 0.29) is 11.3 Å². The van der Waals surface area contributed by atoms with Crippen molar-refractivity contribution in [3.05, 3.63) is 35.9 Å². The Morgan fingerprint density at radius 2 is 1.96 bits per heavy atom. The van der Waals surface area contributed by atoms with Gasteiger partial charge in [-0.2, -0.15) is 0 Å². The molecule has 4 heteroatoms. The Kier molecular flexibility index (Phi) is 6.19. The zero-order valence-electron chi connectivity index (χ0n) is 14.7. The molecule has 23 heavy (non-hydrogen) atoms. The van der Waals surface area contributed by atoms with Gasteiger partial charge < -0.3 is 11.1 Å². The number of carbonyl (C=O) groups excluding carboxylic acids is 1. The van der Waals surface area contributed by atoms with Crippen LogP contribution >= 0.6 is 0 Å². The summed E-state index contributed by atoms with van der Waals surface area (Å²) in [6.07, 6.45) is 0.997. The Bertz CT molecular complexity index is 495. The molecule has 1 aliphatic rings. The Morgan fingerprint density at radius 3 is 2.57 bits per heavy atom. The molecule has 3 N–H and O–H groups in total. The molecule has 0 saturated carbocycles. The van der Waals surface area contributed by atoms with Crippen molar-refractivity contribution in [3.8, 4) is 0 Å². The van der Waals surface area contributed by atoms with Crippen LogP contribution < -0.4 is 11.1 Å². The molecule has 1 aliphatic heterocycles. The van der Waals surface area contributed by atoms with Crippen LogP contribution in [0.2, 0.25) is 0 Å².